The van der Waals surface area contributed by atoms with Crippen molar-refractivity contribution in [2.24, 2.45) is 5.92 Å². The van der Waals surface area contributed by atoms with E-state index in [-0.39, 0.29) is 17.0 Å². The molecule has 43 heavy (non-hydrogen) atoms. The fourth-order valence-corrected chi connectivity index (χ4v) is 7.72. The van der Waals surface area contributed by atoms with Crippen LogP contribution in [0.15, 0.2) is 34.6 Å². The second kappa shape index (κ2) is 12.2. The Morgan fingerprint density at radius 1 is 1.09 bits per heavy atom. The largest absolute Gasteiger partial charge is 0.478 e. The van der Waals surface area contributed by atoms with Crippen molar-refractivity contribution in [3.8, 4) is 0 Å². The molecule has 3 aromatic rings. The number of amides is 1. The lowest BCUT2D eigenvalue weighted by Gasteiger charge is -2.49. The van der Waals surface area contributed by atoms with Gasteiger partial charge in [-0.1, -0.05) is 13.8 Å². The number of rotatable bonds is 9. The first-order chi connectivity index (χ1) is 20.7. The summed E-state index contributed by atoms with van der Waals surface area (Å²) < 4.78 is 2.41. The number of carbonyl (C=O) groups is 2. The molecule has 1 amide bonds. The summed E-state index contributed by atoms with van der Waals surface area (Å²) in [5.41, 5.74) is 2.62. The Morgan fingerprint density at radius 3 is 2.47 bits per heavy atom. The van der Waals surface area contributed by atoms with E-state index in [1.165, 1.54) is 29.7 Å². The van der Waals surface area contributed by atoms with Gasteiger partial charge in [-0.2, -0.15) is 0 Å². The molecule has 4 saturated heterocycles. The molecule has 11 heteroatoms. The molecule has 10 nitrogen and oxygen atoms in total. The number of fused-ring (bicyclic) bond motifs is 4. The third-order valence-electron chi connectivity index (χ3n) is 9.53. The van der Waals surface area contributed by atoms with Gasteiger partial charge >= 0.3 is 5.97 Å². The summed E-state index contributed by atoms with van der Waals surface area (Å²) in [7, 11) is 0. The number of hydrogen-bond acceptors (Lipinski definition) is 7. The third-order valence-corrected chi connectivity index (χ3v) is 10.5. The number of carboxylic acid groups (broad SMARTS) is 1. The minimum Gasteiger partial charge on any atom is -0.478 e. The van der Waals surface area contributed by atoms with Crippen molar-refractivity contribution in [2.45, 2.75) is 51.9 Å². The molecule has 0 unspecified atom stereocenters. The standard InChI is InChI=1S/C32H40N6O4S/c1-22(2)26-21-43-28(33-26)5-3-24-7-11-37-27(19-24)34-31(25(32(37)42)4-6-30(40)41)36-14-12-35(13-15-36)29(39)20-38-16-8-23(9-17-38)10-18-38/h4,6-7,11,19,21-23H,3,5,8-10,12-18,20H2,1-2H3/p+1. The van der Waals surface area contributed by atoms with Crippen LogP contribution in [-0.4, -0.2) is 93.1 Å². The molecule has 4 aliphatic heterocycles. The summed E-state index contributed by atoms with van der Waals surface area (Å²) >= 11 is 1.68. The number of aliphatic carboxylic acids is 1. The van der Waals surface area contributed by atoms with Crippen LogP contribution in [0.4, 0.5) is 5.82 Å². The summed E-state index contributed by atoms with van der Waals surface area (Å²) in [6, 6.07) is 3.85. The lowest BCUT2D eigenvalue weighted by Crippen LogP contribution is -2.62. The van der Waals surface area contributed by atoms with Gasteiger partial charge in [-0.05, 0) is 61.3 Å². The minimum atomic E-state index is -1.13. The maximum atomic E-state index is 13.6. The average molecular weight is 606 g/mol. The van der Waals surface area contributed by atoms with Gasteiger partial charge in [0, 0.05) is 50.3 Å². The zero-order valence-electron chi connectivity index (χ0n) is 25.1. The van der Waals surface area contributed by atoms with Gasteiger partial charge in [-0.25, -0.2) is 14.8 Å². The highest BCUT2D eigenvalue weighted by atomic mass is 32.1. The highest BCUT2D eigenvalue weighted by Gasteiger charge is 2.42. The number of pyridine rings is 1. The molecule has 0 aliphatic carbocycles. The quantitative estimate of drug-likeness (QED) is 0.294. The Hall–Kier alpha value is -3.57. The molecule has 4 fully saturated rings. The molecule has 7 heterocycles. The van der Waals surface area contributed by atoms with E-state index < -0.39 is 5.97 Å². The van der Waals surface area contributed by atoms with Crippen LogP contribution in [0.25, 0.3) is 11.7 Å². The van der Waals surface area contributed by atoms with Crippen LogP contribution in [0.5, 0.6) is 0 Å². The second-order valence-corrected chi connectivity index (χ2v) is 13.6. The first-order valence-electron chi connectivity index (χ1n) is 15.5. The van der Waals surface area contributed by atoms with Crippen LogP contribution < -0.4 is 10.5 Å². The van der Waals surface area contributed by atoms with E-state index in [9.17, 15) is 19.5 Å². The van der Waals surface area contributed by atoms with Crippen molar-refractivity contribution >= 4 is 40.8 Å². The molecule has 4 aliphatic rings. The van der Waals surface area contributed by atoms with Crippen LogP contribution in [-0.2, 0) is 22.4 Å². The van der Waals surface area contributed by atoms with Gasteiger partial charge in [0.15, 0.2) is 6.54 Å². The van der Waals surface area contributed by atoms with Gasteiger partial charge in [0.05, 0.1) is 35.9 Å². The fraction of sp³-hybridized carbons (Fsp3) is 0.531. The van der Waals surface area contributed by atoms with E-state index in [4.69, 9.17) is 9.97 Å². The second-order valence-electron chi connectivity index (χ2n) is 12.7. The number of piperazine rings is 1. The SMILES string of the molecule is CC(C)c1csc(CCc2ccn3c(=O)c(C=CC(=O)O)c(N4CCN(C(=O)C[N+]56CCC(CC5)CC6)CC4)nc3c2)n1. The first kappa shape index (κ1) is 29.5. The van der Waals surface area contributed by atoms with Crippen molar-refractivity contribution < 1.29 is 19.2 Å². The maximum Gasteiger partial charge on any atom is 0.328 e. The molecule has 1 N–H and O–H groups in total. The summed E-state index contributed by atoms with van der Waals surface area (Å²) in [5.74, 6) is 0.804. The minimum absolute atomic E-state index is 0.211. The number of piperidine rings is 3. The summed E-state index contributed by atoms with van der Waals surface area (Å²) in [6.07, 6.45) is 9.34. The van der Waals surface area contributed by atoms with E-state index in [0.29, 0.717) is 50.1 Å². The topological polar surface area (TPSA) is 108 Å². The molecule has 0 aromatic carbocycles. The van der Waals surface area contributed by atoms with E-state index >= 15 is 0 Å². The number of carbonyl (C=O) groups excluding carboxylic acids is 1. The van der Waals surface area contributed by atoms with Crippen LogP contribution in [0.2, 0.25) is 0 Å². The normalized spacial score (nSPS) is 22.3. The lowest BCUT2D eigenvalue weighted by atomic mass is 9.86. The number of anilines is 1. The maximum absolute atomic E-state index is 13.6. The average Bonchev–Trinajstić information content (AvgIpc) is 3.50. The third kappa shape index (κ3) is 6.38. The molecule has 2 bridgehead atoms. The fourth-order valence-electron chi connectivity index (χ4n) is 6.76. The van der Waals surface area contributed by atoms with Crippen molar-refractivity contribution in [3.63, 3.8) is 0 Å². The number of nitrogens with zero attached hydrogens (tertiary/aromatic N) is 6. The first-order valence-corrected chi connectivity index (χ1v) is 16.4. The number of quaternary nitrogens is 1. The molecule has 0 radical (unpaired) electrons. The van der Waals surface area contributed by atoms with Crippen LogP contribution >= 0.6 is 11.3 Å². The van der Waals surface area contributed by atoms with Gasteiger partial charge in [-0.15, -0.1) is 11.3 Å². The van der Waals surface area contributed by atoms with Crippen LogP contribution in [0.3, 0.4) is 0 Å². The van der Waals surface area contributed by atoms with Crippen LogP contribution in [0.1, 0.15) is 60.9 Å². The Morgan fingerprint density at radius 2 is 1.81 bits per heavy atom. The molecule has 0 atom stereocenters. The van der Waals surface area contributed by atoms with E-state index in [0.717, 1.165) is 65.2 Å². The number of thiazole rings is 1. The molecule has 7 rings (SSSR count). The van der Waals surface area contributed by atoms with Crippen molar-refractivity contribution in [1.29, 1.82) is 0 Å². The van der Waals surface area contributed by atoms with Gasteiger partial charge in [0.2, 0.25) is 0 Å². The highest BCUT2D eigenvalue weighted by molar-refractivity contribution is 7.09. The van der Waals surface area contributed by atoms with Crippen molar-refractivity contribution in [1.82, 2.24) is 19.3 Å². The molecule has 228 valence electrons. The summed E-state index contributed by atoms with van der Waals surface area (Å²) in [5, 5.41) is 12.5. The van der Waals surface area contributed by atoms with Crippen molar-refractivity contribution in [2.75, 3.05) is 57.3 Å². The Bertz CT molecular complexity index is 1580. The lowest BCUT2D eigenvalue weighted by molar-refractivity contribution is -0.935. The number of hydrogen-bond donors (Lipinski definition) is 1. The van der Waals surface area contributed by atoms with Crippen LogP contribution in [0, 0.1) is 5.92 Å². The van der Waals surface area contributed by atoms with Gasteiger partial charge in [-0.3, -0.25) is 14.0 Å². The van der Waals surface area contributed by atoms with Crippen molar-refractivity contribution in [3.05, 3.63) is 62.0 Å². The van der Waals surface area contributed by atoms with E-state index in [1.807, 2.05) is 21.9 Å². The zero-order chi connectivity index (χ0) is 30.1. The Labute approximate surface area is 255 Å². The van der Waals surface area contributed by atoms with E-state index in [2.05, 4.69) is 19.2 Å². The van der Waals surface area contributed by atoms with Gasteiger partial charge < -0.3 is 19.4 Å². The zero-order valence-corrected chi connectivity index (χ0v) is 25.9. The molecule has 0 spiro atoms. The predicted molar refractivity (Wildman–Crippen MR) is 168 cm³/mol. The number of carboxylic acids is 1. The number of aryl methyl sites for hydroxylation is 2. The Kier molecular flexibility index (Phi) is 8.37. The smallest absolute Gasteiger partial charge is 0.328 e. The molecular weight excluding hydrogens is 564 g/mol. The number of aromatic nitrogens is 3. The monoisotopic (exact) mass is 605 g/mol. The van der Waals surface area contributed by atoms with Gasteiger partial charge in [0.1, 0.15) is 11.5 Å². The predicted octanol–water partition coefficient (Wildman–Crippen LogP) is 3.44. The molecule has 0 saturated carbocycles. The van der Waals surface area contributed by atoms with E-state index in [1.54, 1.807) is 17.5 Å². The summed E-state index contributed by atoms with van der Waals surface area (Å²) in [6.45, 7) is 10.4. The summed E-state index contributed by atoms with van der Waals surface area (Å²) in [4.78, 5) is 51.9. The Balaban J connectivity index is 1.20. The molecule has 3 aromatic heterocycles. The molecular formula is C32H41N6O4S+. The highest BCUT2D eigenvalue weighted by Crippen LogP contribution is 2.33. The van der Waals surface area contributed by atoms with Gasteiger partial charge in [0.25, 0.3) is 11.5 Å².